The number of halogens is 1. The van der Waals surface area contributed by atoms with Gasteiger partial charge >= 0.3 is 0 Å². The molecule has 0 aliphatic heterocycles. The fourth-order valence-electron chi connectivity index (χ4n) is 0.953. The second kappa shape index (κ2) is 3.85. The molecule has 14 heavy (non-hydrogen) atoms. The molecule has 4 heteroatoms. The Morgan fingerprint density at radius 2 is 2.14 bits per heavy atom. The first kappa shape index (κ1) is 10.8. The molecule has 0 atom stereocenters. The van der Waals surface area contributed by atoms with Gasteiger partial charge in [0, 0.05) is 11.8 Å². The van der Waals surface area contributed by atoms with E-state index in [1.165, 1.54) is 0 Å². The van der Waals surface area contributed by atoms with Crippen molar-refractivity contribution >= 4 is 17.4 Å². The molecule has 0 fully saturated rings. The average molecular weight is 210 g/mol. The number of aromatic nitrogens is 2. The van der Waals surface area contributed by atoms with Crippen LogP contribution in [0.1, 0.15) is 19.5 Å². The van der Waals surface area contributed by atoms with E-state index in [1.807, 2.05) is 20.8 Å². The molecule has 0 bridgehead atoms. The summed E-state index contributed by atoms with van der Waals surface area (Å²) >= 11 is 5.71. The monoisotopic (exact) mass is 209 g/mol. The van der Waals surface area contributed by atoms with Crippen LogP contribution in [0.25, 0.3) is 0 Å². The molecule has 1 heterocycles. The van der Waals surface area contributed by atoms with Gasteiger partial charge < -0.3 is 5.32 Å². The summed E-state index contributed by atoms with van der Waals surface area (Å²) < 4.78 is 0. The number of hydrogen-bond donors (Lipinski definition) is 1. The molecule has 1 aromatic rings. The molecular weight excluding hydrogens is 198 g/mol. The number of anilines is 1. The summed E-state index contributed by atoms with van der Waals surface area (Å²) in [6, 6.07) is 1.80. The number of nitrogens with zero attached hydrogens (tertiary/aromatic N) is 2. The molecule has 1 N–H and O–H groups in total. The minimum Gasteiger partial charge on any atom is -0.354 e. The Morgan fingerprint density at radius 3 is 2.64 bits per heavy atom. The highest BCUT2D eigenvalue weighted by Gasteiger charge is 2.14. The maximum absolute atomic E-state index is 5.71. The molecule has 1 aromatic heterocycles. The molecule has 0 unspecified atom stereocenters. The molecule has 0 aliphatic carbocycles. The van der Waals surface area contributed by atoms with Crippen molar-refractivity contribution in [3.05, 3.63) is 17.0 Å². The van der Waals surface area contributed by atoms with Crippen LogP contribution >= 0.6 is 11.6 Å². The van der Waals surface area contributed by atoms with Gasteiger partial charge in [0.1, 0.15) is 5.82 Å². The van der Waals surface area contributed by atoms with E-state index in [4.69, 9.17) is 18.0 Å². The molecule has 3 nitrogen and oxygen atoms in total. The Morgan fingerprint density at radius 1 is 1.50 bits per heavy atom. The maximum Gasteiger partial charge on any atom is 0.224 e. The topological polar surface area (TPSA) is 37.8 Å². The van der Waals surface area contributed by atoms with Gasteiger partial charge in [-0.15, -0.1) is 6.42 Å². The summed E-state index contributed by atoms with van der Waals surface area (Å²) in [5.74, 6) is 3.26. The fraction of sp³-hybridized carbons (Fsp3) is 0.400. The van der Waals surface area contributed by atoms with Crippen molar-refractivity contribution in [2.24, 2.45) is 0 Å². The normalized spacial score (nSPS) is 10.8. The number of aryl methyl sites for hydroxylation is 1. The summed E-state index contributed by atoms with van der Waals surface area (Å²) in [7, 11) is 0. The van der Waals surface area contributed by atoms with Gasteiger partial charge in [0.15, 0.2) is 0 Å². The zero-order chi connectivity index (χ0) is 10.8. The molecule has 0 aromatic carbocycles. The Bertz CT molecular complexity index is 359. The van der Waals surface area contributed by atoms with E-state index in [1.54, 1.807) is 6.07 Å². The lowest BCUT2D eigenvalue weighted by Crippen LogP contribution is -2.29. The number of terminal acetylenes is 1. The van der Waals surface area contributed by atoms with Crippen LogP contribution in [0.15, 0.2) is 6.07 Å². The SMILES string of the molecule is C#CC(C)(C)Nc1cc(C)nc(Cl)n1. The summed E-state index contributed by atoms with van der Waals surface area (Å²) in [6.45, 7) is 5.62. The summed E-state index contributed by atoms with van der Waals surface area (Å²) in [5.41, 5.74) is 0.365. The van der Waals surface area contributed by atoms with E-state index >= 15 is 0 Å². The molecule has 0 radical (unpaired) electrons. The van der Waals surface area contributed by atoms with Gasteiger partial charge in [-0.05, 0) is 32.4 Å². The first-order chi connectivity index (χ1) is 6.43. The zero-order valence-corrected chi connectivity index (χ0v) is 9.18. The van der Waals surface area contributed by atoms with Gasteiger partial charge in [0.05, 0.1) is 5.54 Å². The largest absolute Gasteiger partial charge is 0.354 e. The van der Waals surface area contributed by atoms with E-state index in [0.717, 1.165) is 5.69 Å². The summed E-state index contributed by atoms with van der Waals surface area (Å²) in [6.07, 6.45) is 5.34. The highest BCUT2D eigenvalue weighted by Crippen LogP contribution is 2.14. The van der Waals surface area contributed by atoms with E-state index in [9.17, 15) is 0 Å². The van der Waals surface area contributed by atoms with Crippen molar-refractivity contribution in [3.63, 3.8) is 0 Å². The lowest BCUT2D eigenvalue weighted by molar-refractivity contribution is 0.734. The number of nitrogens with one attached hydrogen (secondary N) is 1. The van der Waals surface area contributed by atoms with Crippen LogP contribution in [-0.4, -0.2) is 15.5 Å². The predicted octanol–water partition coefficient (Wildman–Crippen LogP) is 2.26. The van der Waals surface area contributed by atoms with Crippen LogP contribution in [0.3, 0.4) is 0 Å². The van der Waals surface area contributed by atoms with E-state index in [-0.39, 0.29) is 5.28 Å². The van der Waals surface area contributed by atoms with Gasteiger partial charge in [0.2, 0.25) is 5.28 Å². The maximum atomic E-state index is 5.71. The zero-order valence-electron chi connectivity index (χ0n) is 8.43. The standard InChI is InChI=1S/C10H12ClN3/c1-5-10(3,4)14-8-6-7(2)12-9(11)13-8/h1,6H,2-4H3,(H,12,13,14). The minimum atomic E-state index is -0.440. The quantitative estimate of drug-likeness (QED) is 0.600. The highest BCUT2D eigenvalue weighted by molar-refractivity contribution is 6.28. The molecular formula is C10H12ClN3. The Kier molecular flexibility index (Phi) is 2.97. The first-order valence-corrected chi connectivity index (χ1v) is 4.58. The van der Waals surface area contributed by atoms with Crippen LogP contribution in [0.2, 0.25) is 5.28 Å². The van der Waals surface area contributed by atoms with E-state index in [0.29, 0.717) is 5.82 Å². The van der Waals surface area contributed by atoms with Crippen molar-refractivity contribution in [2.45, 2.75) is 26.3 Å². The van der Waals surface area contributed by atoms with Gasteiger partial charge in [-0.2, -0.15) is 0 Å². The molecule has 0 saturated heterocycles. The third-order valence-corrected chi connectivity index (χ3v) is 1.80. The number of hydrogen-bond acceptors (Lipinski definition) is 3. The molecule has 1 rings (SSSR count). The Balaban J connectivity index is 2.94. The van der Waals surface area contributed by atoms with Gasteiger partial charge in [-0.25, -0.2) is 9.97 Å². The summed E-state index contributed by atoms with van der Waals surface area (Å²) in [5, 5.41) is 3.30. The van der Waals surface area contributed by atoms with Crippen molar-refractivity contribution in [2.75, 3.05) is 5.32 Å². The van der Waals surface area contributed by atoms with Crippen molar-refractivity contribution in [3.8, 4) is 12.3 Å². The van der Waals surface area contributed by atoms with Crippen molar-refractivity contribution < 1.29 is 0 Å². The Hall–Kier alpha value is -1.27. The first-order valence-electron chi connectivity index (χ1n) is 4.20. The molecule has 74 valence electrons. The molecule has 0 aliphatic rings. The van der Waals surface area contributed by atoms with Crippen LogP contribution in [-0.2, 0) is 0 Å². The second-order valence-electron chi connectivity index (χ2n) is 3.56. The average Bonchev–Trinajstić information content (AvgIpc) is 2.01. The predicted molar refractivity (Wildman–Crippen MR) is 58.3 cm³/mol. The highest BCUT2D eigenvalue weighted by atomic mass is 35.5. The van der Waals surface area contributed by atoms with E-state index in [2.05, 4.69) is 21.2 Å². The van der Waals surface area contributed by atoms with Gasteiger partial charge in [0.25, 0.3) is 0 Å². The van der Waals surface area contributed by atoms with Crippen LogP contribution < -0.4 is 5.32 Å². The van der Waals surface area contributed by atoms with E-state index < -0.39 is 5.54 Å². The number of rotatable bonds is 2. The lowest BCUT2D eigenvalue weighted by atomic mass is 10.1. The van der Waals surface area contributed by atoms with Gasteiger partial charge in [-0.3, -0.25) is 0 Å². The Labute approximate surface area is 88.9 Å². The smallest absolute Gasteiger partial charge is 0.224 e. The van der Waals surface area contributed by atoms with Crippen LogP contribution in [0.5, 0.6) is 0 Å². The lowest BCUT2D eigenvalue weighted by Gasteiger charge is -2.20. The molecule has 0 saturated carbocycles. The molecule has 0 amide bonds. The van der Waals surface area contributed by atoms with Crippen molar-refractivity contribution in [1.82, 2.24) is 9.97 Å². The third-order valence-electron chi connectivity index (χ3n) is 1.63. The summed E-state index contributed by atoms with van der Waals surface area (Å²) in [4.78, 5) is 7.97. The fourth-order valence-corrected chi connectivity index (χ4v) is 1.18. The van der Waals surface area contributed by atoms with Crippen LogP contribution in [0.4, 0.5) is 5.82 Å². The van der Waals surface area contributed by atoms with Gasteiger partial charge in [-0.1, -0.05) is 5.92 Å². The van der Waals surface area contributed by atoms with Crippen molar-refractivity contribution in [1.29, 1.82) is 0 Å². The molecule has 0 spiro atoms. The van der Waals surface area contributed by atoms with Crippen LogP contribution in [0, 0.1) is 19.3 Å². The third kappa shape index (κ3) is 2.90. The minimum absolute atomic E-state index is 0.223. The second-order valence-corrected chi connectivity index (χ2v) is 3.90.